The van der Waals surface area contributed by atoms with Gasteiger partial charge in [0.05, 0.1) is 18.8 Å². The molecule has 1 aromatic carbocycles. The summed E-state index contributed by atoms with van der Waals surface area (Å²) in [7, 11) is 0. The number of rotatable bonds is 7. The van der Waals surface area contributed by atoms with Gasteiger partial charge >= 0.3 is 0 Å². The fourth-order valence-electron chi connectivity index (χ4n) is 3.05. The van der Waals surface area contributed by atoms with Crippen LogP contribution in [-0.4, -0.2) is 39.2 Å². The number of carbonyl (C=O) groups is 1. The monoisotopic (exact) mass is 358 g/mol. The molecule has 0 radical (unpaired) electrons. The number of ether oxygens (including phenoxy) is 2. The van der Waals surface area contributed by atoms with Crippen LogP contribution in [0.2, 0.25) is 0 Å². The zero-order valence-electron chi connectivity index (χ0n) is 15.7. The molecular weight excluding hydrogens is 332 g/mol. The maximum absolute atomic E-state index is 12.4. The van der Waals surface area contributed by atoms with Gasteiger partial charge in [-0.2, -0.15) is 0 Å². The van der Waals surface area contributed by atoms with Crippen LogP contribution in [0.5, 0.6) is 11.5 Å². The van der Waals surface area contributed by atoms with Gasteiger partial charge in [0.2, 0.25) is 0 Å². The smallest absolute Gasteiger partial charge is 0.258 e. The number of hydrogen-bond donors (Lipinski definition) is 1. The zero-order valence-corrected chi connectivity index (χ0v) is 15.7. The fraction of sp³-hybridized carbons (Fsp3) is 0.526. The van der Waals surface area contributed by atoms with Crippen LogP contribution in [0.4, 0.5) is 0 Å². The lowest BCUT2D eigenvalue weighted by molar-refractivity contribution is -0.124. The largest absolute Gasteiger partial charge is 0.483 e. The summed E-state index contributed by atoms with van der Waals surface area (Å²) in [6, 6.07) is 5.75. The van der Waals surface area contributed by atoms with Crippen molar-refractivity contribution in [2.45, 2.75) is 52.3 Å². The minimum Gasteiger partial charge on any atom is -0.483 e. The average Bonchev–Trinajstić information content (AvgIpc) is 3.17. The van der Waals surface area contributed by atoms with Crippen molar-refractivity contribution in [3.63, 3.8) is 0 Å². The van der Waals surface area contributed by atoms with E-state index in [-0.39, 0.29) is 30.1 Å². The lowest BCUT2D eigenvalue weighted by Crippen LogP contribution is -2.43. The van der Waals surface area contributed by atoms with Gasteiger partial charge in [0.1, 0.15) is 5.60 Å². The van der Waals surface area contributed by atoms with Crippen molar-refractivity contribution in [2.75, 3.05) is 6.61 Å². The number of benzene rings is 1. The minimum atomic E-state index is -0.245. The second-order valence-electron chi connectivity index (χ2n) is 7.61. The van der Waals surface area contributed by atoms with Crippen LogP contribution in [0.3, 0.4) is 0 Å². The van der Waals surface area contributed by atoms with Crippen LogP contribution < -0.4 is 14.8 Å². The van der Waals surface area contributed by atoms with Crippen LogP contribution >= 0.6 is 0 Å². The molecule has 2 heterocycles. The number of hydrogen-bond acceptors (Lipinski definition) is 5. The van der Waals surface area contributed by atoms with Crippen LogP contribution in [0.15, 0.2) is 30.6 Å². The average molecular weight is 358 g/mol. The molecule has 1 atom stereocenters. The van der Waals surface area contributed by atoms with Crippen LogP contribution in [0, 0.1) is 5.92 Å². The molecule has 0 aliphatic carbocycles. The van der Waals surface area contributed by atoms with Crippen molar-refractivity contribution in [1.82, 2.24) is 20.3 Å². The molecule has 1 aliphatic rings. The Balaban J connectivity index is 1.58. The Hall–Kier alpha value is -2.57. The highest BCUT2D eigenvalue weighted by molar-refractivity contribution is 5.78. The molecule has 0 fully saturated rings. The number of fused-ring (bicyclic) bond motifs is 1. The van der Waals surface area contributed by atoms with Gasteiger partial charge in [-0.1, -0.05) is 31.2 Å². The van der Waals surface area contributed by atoms with Gasteiger partial charge in [-0.05, 0) is 25.8 Å². The normalized spacial score (nSPS) is 16.0. The van der Waals surface area contributed by atoms with E-state index in [2.05, 4.69) is 29.5 Å². The summed E-state index contributed by atoms with van der Waals surface area (Å²) in [5, 5.41) is 10.8. The maximum atomic E-state index is 12.4. The van der Waals surface area contributed by atoms with Crippen molar-refractivity contribution < 1.29 is 14.3 Å². The molecule has 0 spiro atoms. The zero-order chi connectivity index (χ0) is 18.7. The first-order valence-electron chi connectivity index (χ1n) is 8.91. The highest BCUT2D eigenvalue weighted by Crippen LogP contribution is 2.41. The van der Waals surface area contributed by atoms with E-state index in [1.807, 2.05) is 32.0 Å². The van der Waals surface area contributed by atoms with Gasteiger partial charge in [-0.15, -0.1) is 5.10 Å². The Labute approximate surface area is 153 Å². The number of aromatic nitrogens is 3. The van der Waals surface area contributed by atoms with Crippen LogP contribution in [-0.2, 0) is 17.8 Å². The molecule has 1 aromatic heterocycles. The lowest BCUT2D eigenvalue weighted by atomic mass is 10.0. The molecule has 0 saturated heterocycles. The summed E-state index contributed by atoms with van der Waals surface area (Å²) in [6.45, 7) is 8.72. The third-order valence-corrected chi connectivity index (χ3v) is 4.42. The van der Waals surface area contributed by atoms with E-state index in [9.17, 15) is 4.79 Å². The Morgan fingerprint density at radius 1 is 1.42 bits per heavy atom. The van der Waals surface area contributed by atoms with Gasteiger partial charge in [0, 0.05) is 18.2 Å². The van der Waals surface area contributed by atoms with Crippen molar-refractivity contribution in [1.29, 1.82) is 0 Å². The molecule has 7 nitrogen and oxygen atoms in total. The summed E-state index contributed by atoms with van der Waals surface area (Å²) in [5.41, 5.74) is 0.865. The molecule has 26 heavy (non-hydrogen) atoms. The van der Waals surface area contributed by atoms with E-state index in [1.54, 1.807) is 17.1 Å². The predicted molar refractivity (Wildman–Crippen MR) is 97.1 cm³/mol. The van der Waals surface area contributed by atoms with Crippen molar-refractivity contribution >= 4 is 5.91 Å². The Bertz CT molecular complexity index is 756. The Morgan fingerprint density at radius 3 is 2.92 bits per heavy atom. The van der Waals surface area contributed by atoms with E-state index in [0.29, 0.717) is 12.3 Å². The topological polar surface area (TPSA) is 78.3 Å². The molecule has 1 aliphatic heterocycles. The van der Waals surface area contributed by atoms with E-state index < -0.39 is 0 Å². The van der Waals surface area contributed by atoms with Gasteiger partial charge in [-0.25, -0.2) is 0 Å². The highest BCUT2D eigenvalue weighted by atomic mass is 16.5. The van der Waals surface area contributed by atoms with E-state index in [4.69, 9.17) is 9.47 Å². The summed E-state index contributed by atoms with van der Waals surface area (Å²) in [5.74, 6) is 1.45. The number of nitrogens with one attached hydrogen (secondary N) is 1. The van der Waals surface area contributed by atoms with Crippen LogP contribution in [0.25, 0.3) is 0 Å². The summed E-state index contributed by atoms with van der Waals surface area (Å²) in [4.78, 5) is 12.4. The van der Waals surface area contributed by atoms with E-state index >= 15 is 0 Å². The number of amides is 1. The number of nitrogens with zero attached hydrogens (tertiary/aromatic N) is 3. The molecule has 140 valence electrons. The molecule has 1 N–H and O–H groups in total. The fourth-order valence-corrected chi connectivity index (χ4v) is 3.05. The molecule has 3 rings (SSSR count). The summed E-state index contributed by atoms with van der Waals surface area (Å²) < 4.78 is 13.4. The molecular formula is C19H26N4O3. The molecule has 0 bridgehead atoms. The van der Waals surface area contributed by atoms with E-state index in [1.165, 1.54) is 0 Å². The lowest BCUT2D eigenvalue weighted by Gasteiger charge is -2.22. The molecule has 1 amide bonds. The highest BCUT2D eigenvalue weighted by Gasteiger charge is 2.32. The second kappa shape index (κ2) is 7.35. The molecule has 1 unspecified atom stereocenters. The predicted octanol–water partition coefficient (Wildman–Crippen LogP) is 2.21. The third kappa shape index (κ3) is 4.33. The van der Waals surface area contributed by atoms with Gasteiger partial charge in [0.15, 0.2) is 18.1 Å². The van der Waals surface area contributed by atoms with E-state index in [0.717, 1.165) is 17.7 Å². The first-order chi connectivity index (χ1) is 12.3. The first-order valence-corrected chi connectivity index (χ1v) is 8.91. The second-order valence-corrected chi connectivity index (χ2v) is 7.61. The van der Waals surface area contributed by atoms with Crippen molar-refractivity contribution in [3.05, 3.63) is 36.2 Å². The van der Waals surface area contributed by atoms with Crippen molar-refractivity contribution in [2.24, 2.45) is 5.92 Å². The Kier molecular flexibility index (Phi) is 5.15. The third-order valence-electron chi connectivity index (χ3n) is 4.42. The maximum Gasteiger partial charge on any atom is 0.258 e. The molecule has 0 saturated carbocycles. The quantitative estimate of drug-likeness (QED) is 0.821. The SMILES string of the molecule is CC(C)C(Cn1ccnn1)NC(=O)COc1cccc2c1OC(C)(C)C2. The van der Waals surface area contributed by atoms with Crippen molar-refractivity contribution in [3.8, 4) is 11.5 Å². The first kappa shape index (κ1) is 18.2. The van der Waals surface area contributed by atoms with Gasteiger partial charge in [-0.3, -0.25) is 9.48 Å². The minimum absolute atomic E-state index is 0.0514. The van der Waals surface area contributed by atoms with Crippen LogP contribution in [0.1, 0.15) is 33.3 Å². The van der Waals surface area contributed by atoms with Gasteiger partial charge in [0.25, 0.3) is 5.91 Å². The van der Waals surface area contributed by atoms with Gasteiger partial charge < -0.3 is 14.8 Å². The molecule has 2 aromatic rings. The number of para-hydroxylation sites is 1. The molecule has 7 heteroatoms. The standard InChI is InChI=1S/C19H26N4O3/c1-13(2)15(11-23-9-8-20-22-23)21-17(24)12-25-16-7-5-6-14-10-19(3,4)26-18(14)16/h5-9,13,15H,10-12H2,1-4H3,(H,21,24). The summed E-state index contributed by atoms with van der Waals surface area (Å²) in [6.07, 6.45) is 4.24. The Morgan fingerprint density at radius 2 is 2.23 bits per heavy atom. The number of carbonyl (C=O) groups excluding carboxylic acids is 1. The summed E-state index contributed by atoms with van der Waals surface area (Å²) >= 11 is 0.